The molecule has 0 radical (unpaired) electrons. The molecule has 1 amide bonds. The van der Waals surface area contributed by atoms with Crippen molar-refractivity contribution < 1.29 is 14.8 Å². The number of likely N-dealkylation sites (tertiary alicyclic amines) is 1. The summed E-state index contributed by atoms with van der Waals surface area (Å²) in [6.07, 6.45) is 3.45. The number of para-hydroxylation sites is 2. The Labute approximate surface area is 172 Å². The first-order valence-corrected chi connectivity index (χ1v) is 9.78. The number of carbonyl (C=O) groups is 1. The number of piperidine rings is 1. The Balaban J connectivity index is 1.68. The van der Waals surface area contributed by atoms with Crippen LogP contribution in [-0.2, 0) is 6.67 Å². The summed E-state index contributed by atoms with van der Waals surface area (Å²) in [4.78, 5) is 25.2. The Morgan fingerprint density at radius 2 is 1.77 bits per heavy atom. The van der Waals surface area contributed by atoms with Crippen molar-refractivity contribution in [3.63, 3.8) is 0 Å². The standard InChI is InChI=1S/C21H21N5O4/c27-20(16-9-3-5-11-18(16)26(29)30)23-22-19-15-8-2-4-10-17(15)25(21(19)28)14-24-12-6-1-7-13-24/h2-5,8-11,28H,1,6-7,12-14H2. The number of fused-ring (bicyclic) bond motifs is 1. The highest BCUT2D eigenvalue weighted by Crippen LogP contribution is 2.39. The first-order valence-electron chi connectivity index (χ1n) is 9.78. The van der Waals surface area contributed by atoms with Gasteiger partial charge < -0.3 is 5.11 Å². The molecule has 1 aromatic heterocycles. The molecule has 9 heteroatoms. The maximum Gasteiger partial charge on any atom is 0.302 e. The maximum atomic E-state index is 12.5. The van der Waals surface area contributed by atoms with Crippen molar-refractivity contribution in [1.82, 2.24) is 9.47 Å². The molecule has 3 aromatic rings. The van der Waals surface area contributed by atoms with Gasteiger partial charge in [0.15, 0.2) is 5.69 Å². The van der Waals surface area contributed by atoms with Crippen LogP contribution in [0.4, 0.5) is 11.4 Å². The molecular weight excluding hydrogens is 386 g/mol. The van der Waals surface area contributed by atoms with Crippen LogP contribution in [-0.4, -0.2) is 38.5 Å². The van der Waals surface area contributed by atoms with Crippen LogP contribution >= 0.6 is 0 Å². The number of nitrogens with zero attached hydrogens (tertiary/aromatic N) is 5. The van der Waals surface area contributed by atoms with Gasteiger partial charge in [-0.15, -0.1) is 10.2 Å². The number of nitro benzene ring substituents is 1. The molecule has 0 saturated carbocycles. The molecule has 2 heterocycles. The Morgan fingerprint density at radius 3 is 2.53 bits per heavy atom. The summed E-state index contributed by atoms with van der Waals surface area (Å²) in [6, 6.07) is 12.9. The van der Waals surface area contributed by atoms with E-state index >= 15 is 0 Å². The molecule has 1 N–H and O–H groups in total. The number of hydrogen-bond donors (Lipinski definition) is 1. The smallest absolute Gasteiger partial charge is 0.302 e. The van der Waals surface area contributed by atoms with Crippen molar-refractivity contribution in [3.05, 3.63) is 64.2 Å². The number of nitro groups is 1. The van der Waals surface area contributed by atoms with Crippen LogP contribution in [0.5, 0.6) is 5.88 Å². The van der Waals surface area contributed by atoms with Crippen molar-refractivity contribution in [2.24, 2.45) is 10.2 Å². The molecule has 0 aliphatic carbocycles. The second-order valence-electron chi connectivity index (χ2n) is 7.22. The fourth-order valence-electron chi connectivity index (χ4n) is 3.78. The van der Waals surface area contributed by atoms with Gasteiger partial charge in [0.1, 0.15) is 5.56 Å². The van der Waals surface area contributed by atoms with Crippen LogP contribution in [0.1, 0.15) is 29.6 Å². The minimum atomic E-state index is -0.838. The highest BCUT2D eigenvalue weighted by atomic mass is 16.6. The van der Waals surface area contributed by atoms with E-state index in [1.54, 1.807) is 10.6 Å². The number of hydrogen-bond acceptors (Lipinski definition) is 6. The van der Waals surface area contributed by atoms with Gasteiger partial charge in [-0.25, -0.2) is 0 Å². The second-order valence-corrected chi connectivity index (χ2v) is 7.22. The molecular formula is C21H21N5O4. The molecule has 0 bridgehead atoms. The van der Waals surface area contributed by atoms with Gasteiger partial charge in [0.25, 0.3) is 5.69 Å². The van der Waals surface area contributed by atoms with Gasteiger partial charge in [-0.1, -0.05) is 36.8 Å². The number of azo groups is 1. The molecule has 0 atom stereocenters. The lowest BCUT2D eigenvalue weighted by Crippen LogP contribution is -2.31. The Morgan fingerprint density at radius 1 is 1.07 bits per heavy atom. The summed E-state index contributed by atoms with van der Waals surface area (Å²) < 4.78 is 1.75. The van der Waals surface area contributed by atoms with E-state index in [9.17, 15) is 20.0 Å². The third-order valence-corrected chi connectivity index (χ3v) is 5.28. The first kappa shape index (κ1) is 19.7. The van der Waals surface area contributed by atoms with E-state index in [0.717, 1.165) is 31.4 Å². The summed E-state index contributed by atoms with van der Waals surface area (Å²) in [6.45, 7) is 2.43. The number of rotatable bonds is 5. The van der Waals surface area contributed by atoms with Crippen molar-refractivity contribution in [2.75, 3.05) is 13.1 Å². The van der Waals surface area contributed by atoms with Gasteiger partial charge >= 0.3 is 5.91 Å². The zero-order valence-electron chi connectivity index (χ0n) is 16.3. The van der Waals surface area contributed by atoms with Gasteiger partial charge in [-0.3, -0.25) is 24.4 Å². The lowest BCUT2D eigenvalue weighted by atomic mass is 10.1. The first-order chi connectivity index (χ1) is 14.6. The van der Waals surface area contributed by atoms with Crippen LogP contribution in [0, 0.1) is 10.1 Å². The van der Waals surface area contributed by atoms with Gasteiger partial charge in [-0.05, 0) is 38.1 Å². The number of carbonyl (C=O) groups excluding carboxylic acids is 1. The average Bonchev–Trinajstić information content (AvgIpc) is 3.04. The molecule has 0 unspecified atom stereocenters. The van der Waals surface area contributed by atoms with Gasteiger partial charge in [0.2, 0.25) is 5.88 Å². The highest BCUT2D eigenvalue weighted by molar-refractivity contribution is 5.99. The second kappa shape index (κ2) is 8.42. The molecule has 1 aliphatic heterocycles. The Hall–Kier alpha value is -3.59. The quantitative estimate of drug-likeness (QED) is 0.376. The van der Waals surface area contributed by atoms with Crippen LogP contribution in [0.15, 0.2) is 58.8 Å². The van der Waals surface area contributed by atoms with E-state index in [0.29, 0.717) is 12.1 Å². The van der Waals surface area contributed by atoms with Crippen molar-refractivity contribution in [2.45, 2.75) is 25.9 Å². The molecule has 1 saturated heterocycles. The molecule has 1 fully saturated rings. The lowest BCUT2D eigenvalue weighted by molar-refractivity contribution is -0.385. The minimum Gasteiger partial charge on any atom is -0.493 e. The number of benzene rings is 2. The normalized spacial score (nSPS) is 15.1. The fourth-order valence-corrected chi connectivity index (χ4v) is 3.78. The average molecular weight is 407 g/mol. The Bertz CT molecular complexity index is 1130. The highest BCUT2D eigenvalue weighted by Gasteiger charge is 2.22. The van der Waals surface area contributed by atoms with E-state index in [2.05, 4.69) is 15.1 Å². The third kappa shape index (κ3) is 3.79. The van der Waals surface area contributed by atoms with E-state index in [-0.39, 0.29) is 22.8 Å². The minimum absolute atomic E-state index is 0.0825. The summed E-state index contributed by atoms with van der Waals surface area (Å²) in [5, 5.41) is 30.3. The topological polar surface area (TPSA) is 113 Å². The maximum absolute atomic E-state index is 12.5. The lowest BCUT2D eigenvalue weighted by Gasteiger charge is -2.27. The fraction of sp³-hybridized carbons (Fsp3) is 0.286. The molecule has 0 spiro atoms. The summed E-state index contributed by atoms with van der Waals surface area (Å²) in [5.74, 6) is -0.921. The number of amides is 1. The predicted molar refractivity (Wildman–Crippen MR) is 111 cm³/mol. The van der Waals surface area contributed by atoms with E-state index in [4.69, 9.17) is 0 Å². The van der Waals surface area contributed by atoms with Gasteiger partial charge in [-0.2, -0.15) is 0 Å². The number of aromatic hydroxyl groups is 1. The Kier molecular flexibility index (Phi) is 5.53. The van der Waals surface area contributed by atoms with E-state index < -0.39 is 10.8 Å². The SMILES string of the molecule is O=C(N=Nc1c(O)n(CN2CCCCC2)c2ccccc12)c1ccccc1[N+](=O)[O-]. The monoisotopic (exact) mass is 407 g/mol. The summed E-state index contributed by atoms with van der Waals surface area (Å²) in [5.41, 5.74) is 0.475. The van der Waals surface area contributed by atoms with E-state index in [1.807, 2.05) is 18.2 Å². The number of aromatic nitrogens is 1. The van der Waals surface area contributed by atoms with Crippen molar-refractivity contribution in [3.8, 4) is 5.88 Å². The third-order valence-electron chi connectivity index (χ3n) is 5.28. The van der Waals surface area contributed by atoms with Gasteiger partial charge in [0, 0.05) is 11.5 Å². The predicted octanol–water partition coefficient (Wildman–Crippen LogP) is 4.62. The zero-order valence-corrected chi connectivity index (χ0v) is 16.3. The molecule has 2 aromatic carbocycles. The summed E-state index contributed by atoms with van der Waals surface area (Å²) in [7, 11) is 0. The molecule has 30 heavy (non-hydrogen) atoms. The van der Waals surface area contributed by atoms with Crippen molar-refractivity contribution >= 4 is 28.2 Å². The van der Waals surface area contributed by atoms with Crippen LogP contribution in [0.25, 0.3) is 10.9 Å². The van der Waals surface area contributed by atoms with Crippen LogP contribution in [0.2, 0.25) is 0 Å². The van der Waals surface area contributed by atoms with Crippen molar-refractivity contribution in [1.29, 1.82) is 0 Å². The summed E-state index contributed by atoms with van der Waals surface area (Å²) >= 11 is 0. The molecule has 154 valence electrons. The molecule has 1 aliphatic rings. The largest absolute Gasteiger partial charge is 0.493 e. The molecule has 4 rings (SSSR count). The molecule has 9 nitrogen and oxygen atoms in total. The van der Waals surface area contributed by atoms with Crippen LogP contribution < -0.4 is 0 Å². The van der Waals surface area contributed by atoms with Gasteiger partial charge in [0.05, 0.1) is 17.1 Å². The zero-order chi connectivity index (χ0) is 21.1. The van der Waals surface area contributed by atoms with Crippen LogP contribution in [0.3, 0.4) is 0 Å². The van der Waals surface area contributed by atoms with E-state index in [1.165, 1.54) is 30.7 Å².